The van der Waals surface area contributed by atoms with Crippen LogP contribution in [0, 0.1) is 13.8 Å². The summed E-state index contributed by atoms with van der Waals surface area (Å²) in [6, 6.07) is 12.2. The van der Waals surface area contributed by atoms with Crippen LogP contribution in [-0.2, 0) is 9.59 Å². The molecule has 0 bridgehead atoms. The Hall–Kier alpha value is -2.80. The Kier molecular flexibility index (Phi) is 6.80. The van der Waals surface area contributed by atoms with E-state index < -0.39 is 5.91 Å². The molecule has 0 fully saturated rings. The number of hydrogen-bond donors (Lipinski definition) is 3. The van der Waals surface area contributed by atoms with Crippen LogP contribution < -0.4 is 16.4 Å². The van der Waals surface area contributed by atoms with Crippen molar-refractivity contribution in [3.05, 3.63) is 59.2 Å². The molecule has 136 valence electrons. The molecule has 0 heterocycles. The van der Waals surface area contributed by atoms with Gasteiger partial charge in [0.2, 0.25) is 11.8 Å². The van der Waals surface area contributed by atoms with Crippen molar-refractivity contribution in [3.8, 4) is 0 Å². The van der Waals surface area contributed by atoms with Crippen LogP contribution in [0.1, 0.15) is 21.5 Å². The summed E-state index contributed by atoms with van der Waals surface area (Å²) in [4.78, 5) is 35.3. The summed E-state index contributed by atoms with van der Waals surface area (Å²) in [7, 11) is 0. The maximum Gasteiger partial charge on any atom is 0.250 e. The third-order valence-electron chi connectivity index (χ3n) is 3.72. The predicted octanol–water partition coefficient (Wildman–Crippen LogP) is 2.71. The molecule has 3 amide bonds. The van der Waals surface area contributed by atoms with Crippen molar-refractivity contribution in [2.45, 2.75) is 13.8 Å². The fourth-order valence-electron chi connectivity index (χ4n) is 2.25. The Labute approximate surface area is 156 Å². The molecule has 6 nitrogen and oxygen atoms in total. The first-order valence-corrected chi connectivity index (χ1v) is 9.16. The van der Waals surface area contributed by atoms with E-state index in [9.17, 15) is 14.4 Å². The molecule has 0 unspecified atom stereocenters. The van der Waals surface area contributed by atoms with Gasteiger partial charge in [-0.1, -0.05) is 18.2 Å². The fourth-order valence-corrected chi connectivity index (χ4v) is 2.86. The fraction of sp³-hybridized carbons (Fsp3) is 0.211. The van der Waals surface area contributed by atoms with Crippen LogP contribution in [0.25, 0.3) is 0 Å². The summed E-state index contributed by atoms with van der Waals surface area (Å²) in [6.45, 7) is 3.99. The van der Waals surface area contributed by atoms with Gasteiger partial charge >= 0.3 is 0 Å². The highest BCUT2D eigenvalue weighted by atomic mass is 32.2. The van der Waals surface area contributed by atoms with Crippen LogP contribution in [0.5, 0.6) is 0 Å². The summed E-state index contributed by atoms with van der Waals surface area (Å²) in [5, 5.41) is 5.44. The number of hydrogen-bond acceptors (Lipinski definition) is 4. The lowest BCUT2D eigenvalue weighted by Crippen LogP contribution is -2.21. The molecule has 0 radical (unpaired) electrons. The van der Waals surface area contributed by atoms with Crippen molar-refractivity contribution in [1.29, 1.82) is 0 Å². The first-order valence-electron chi connectivity index (χ1n) is 8.00. The van der Waals surface area contributed by atoms with E-state index in [2.05, 4.69) is 10.6 Å². The number of benzene rings is 2. The smallest absolute Gasteiger partial charge is 0.250 e. The van der Waals surface area contributed by atoms with Gasteiger partial charge in [0.1, 0.15) is 0 Å². The lowest BCUT2D eigenvalue weighted by atomic mass is 10.1. The van der Waals surface area contributed by atoms with Crippen LogP contribution in [0.2, 0.25) is 0 Å². The number of aryl methyl sites for hydroxylation is 2. The van der Waals surface area contributed by atoms with Crippen molar-refractivity contribution in [2.75, 3.05) is 22.1 Å². The van der Waals surface area contributed by atoms with E-state index in [0.29, 0.717) is 5.69 Å². The minimum Gasteiger partial charge on any atom is -0.366 e. The van der Waals surface area contributed by atoms with Crippen molar-refractivity contribution in [1.82, 2.24) is 0 Å². The molecule has 0 saturated carbocycles. The normalized spacial score (nSPS) is 10.2. The van der Waals surface area contributed by atoms with E-state index in [1.54, 1.807) is 24.3 Å². The quantitative estimate of drug-likeness (QED) is 0.696. The number of nitrogens with one attached hydrogen (secondary N) is 2. The van der Waals surface area contributed by atoms with Crippen LogP contribution in [0.3, 0.4) is 0 Å². The molecule has 0 atom stereocenters. The molecule has 7 heteroatoms. The van der Waals surface area contributed by atoms with Gasteiger partial charge in [0.25, 0.3) is 5.91 Å². The first-order chi connectivity index (χ1) is 12.4. The van der Waals surface area contributed by atoms with Crippen LogP contribution >= 0.6 is 11.8 Å². The number of nitrogens with two attached hydrogens (primary N) is 1. The average molecular weight is 371 g/mol. The molecule has 2 rings (SSSR count). The van der Waals surface area contributed by atoms with Gasteiger partial charge in [-0.25, -0.2) is 0 Å². The number of rotatable bonds is 7. The van der Waals surface area contributed by atoms with Crippen molar-refractivity contribution < 1.29 is 14.4 Å². The summed E-state index contributed by atoms with van der Waals surface area (Å²) in [5.41, 5.74) is 8.88. The Balaban J connectivity index is 1.80. The van der Waals surface area contributed by atoms with Gasteiger partial charge in [-0.2, -0.15) is 0 Å². The standard InChI is InChI=1S/C19H21N3O3S/c1-12-7-8-14(9-13(12)2)21-17(23)10-26-11-18(24)22-16-6-4-3-5-15(16)19(20)25/h3-9H,10-11H2,1-2H3,(H2,20,25)(H,21,23)(H,22,24). The predicted molar refractivity (Wildman–Crippen MR) is 105 cm³/mol. The van der Waals surface area contributed by atoms with Gasteiger partial charge in [-0.15, -0.1) is 11.8 Å². The van der Waals surface area contributed by atoms with E-state index in [1.807, 2.05) is 32.0 Å². The molecule has 2 aromatic carbocycles. The lowest BCUT2D eigenvalue weighted by molar-refractivity contribution is -0.114. The maximum atomic E-state index is 12.0. The molecule has 26 heavy (non-hydrogen) atoms. The largest absolute Gasteiger partial charge is 0.366 e. The van der Waals surface area contributed by atoms with E-state index in [-0.39, 0.29) is 28.9 Å². The number of amides is 3. The summed E-state index contributed by atoms with van der Waals surface area (Å²) >= 11 is 1.19. The highest BCUT2D eigenvalue weighted by Gasteiger charge is 2.11. The molecule has 0 aromatic heterocycles. The molecular weight excluding hydrogens is 350 g/mol. The van der Waals surface area contributed by atoms with Gasteiger partial charge < -0.3 is 16.4 Å². The third-order valence-corrected chi connectivity index (χ3v) is 4.66. The second-order valence-electron chi connectivity index (χ2n) is 5.80. The molecule has 4 N–H and O–H groups in total. The maximum absolute atomic E-state index is 12.0. The number of para-hydroxylation sites is 1. The number of carbonyl (C=O) groups excluding carboxylic acids is 3. The van der Waals surface area contributed by atoms with Crippen LogP contribution in [0.15, 0.2) is 42.5 Å². The zero-order valence-electron chi connectivity index (χ0n) is 14.7. The molecular formula is C19H21N3O3S. The van der Waals surface area contributed by atoms with E-state index >= 15 is 0 Å². The molecule has 0 aliphatic rings. The Morgan fingerprint density at radius 3 is 2.23 bits per heavy atom. The average Bonchev–Trinajstić information content (AvgIpc) is 2.58. The Morgan fingerprint density at radius 1 is 0.923 bits per heavy atom. The third kappa shape index (κ3) is 5.63. The highest BCUT2D eigenvalue weighted by Crippen LogP contribution is 2.16. The van der Waals surface area contributed by atoms with Crippen molar-refractivity contribution in [2.24, 2.45) is 5.73 Å². The van der Waals surface area contributed by atoms with Gasteiger partial charge in [-0.05, 0) is 49.2 Å². The zero-order valence-corrected chi connectivity index (χ0v) is 15.5. The van der Waals surface area contributed by atoms with E-state index in [4.69, 9.17) is 5.73 Å². The van der Waals surface area contributed by atoms with Crippen molar-refractivity contribution >= 4 is 40.9 Å². The molecule has 2 aromatic rings. The van der Waals surface area contributed by atoms with Crippen LogP contribution in [0.4, 0.5) is 11.4 Å². The minimum atomic E-state index is -0.610. The SMILES string of the molecule is Cc1ccc(NC(=O)CSCC(=O)Nc2ccccc2C(N)=O)cc1C. The first kappa shape index (κ1) is 19.5. The van der Waals surface area contributed by atoms with Crippen LogP contribution in [-0.4, -0.2) is 29.2 Å². The lowest BCUT2D eigenvalue weighted by Gasteiger charge is -2.09. The van der Waals surface area contributed by atoms with E-state index in [1.165, 1.54) is 11.8 Å². The molecule has 0 spiro atoms. The number of carbonyl (C=O) groups is 3. The second-order valence-corrected chi connectivity index (χ2v) is 6.78. The number of thioether (sulfide) groups is 1. The summed E-state index contributed by atoms with van der Waals surface area (Å²) in [5.74, 6) is -0.849. The van der Waals surface area contributed by atoms with E-state index in [0.717, 1.165) is 16.8 Å². The second kappa shape index (κ2) is 9.05. The highest BCUT2D eigenvalue weighted by molar-refractivity contribution is 8.00. The minimum absolute atomic E-state index is 0.0907. The number of primary amides is 1. The molecule has 0 aliphatic heterocycles. The Morgan fingerprint density at radius 2 is 1.58 bits per heavy atom. The summed E-state index contributed by atoms with van der Waals surface area (Å²) < 4.78 is 0. The summed E-state index contributed by atoms with van der Waals surface area (Å²) in [6.07, 6.45) is 0. The number of anilines is 2. The monoisotopic (exact) mass is 371 g/mol. The molecule has 0 aliphatic carbocycles. The zero-order chi connectivity index (χ0) is 19.1. The van der Waals surface area contributed by atoms with Gasteiger partial charge in [-0.3, -0.25) is 14.4 Å². The molecule has 0 saturated heterocycles. The van der Waals surface area contributed by atoms with Gasteiger partial charge in [0, 0.05) is 5.69 Å². The van der Waals surface area contributed by atoms with Crippen molar-refractivity contribution in [3.63, 3.8) is 0 Å². The van der Waals surface area contributed by atoms with Gasteiger partial charge in [0.05, 0.1) is 22.8 Å². The van der Waals surface area contributed by atoms with Gasteiger partial charge in [0.15, 0.2) is 0 Å². The Bertz CT molecular complexity index is 837. The topological polar surface area (TPSA) is 101 Å².